The van der Waals surface area contributed by atoms with E-state index in [1.807, 2.05) is 66.7 Å². The molecule has 0 heterocycles. The lowest BCUT2D eigenvalue weighted by Gasteiger charge is -2.12. The van der Waals surface area contributed by atoms with E-state index < -0.39 is 11.8 Å². The molecule has 4 aromatic rings. The van der Waals surface area contributed by atoms with E-state index in [-0.39, 0.29) is 0 Å². The van der Waals surface area contributed by atoms with Crippen molar-refractivity contribution >= 4 is 50.4 Å². The van der Waals surface area contributed by atoms with Crippen LogP contribution in [0.3, 0.4) is 0 Å². The van der Waals surface area contributed by atoms with Gasteiger partial charge in [0.25, 0.3) is 0 Å². The second-order valence-corrected chi connectivity index (χ2v) is 8.05. The van der Waals surface area contributed by atoms with Gasteiger partial charge in [-0.15, -0.1) is 0 Å². The summed E-state index contributed by atoms with van der Waals surface area (Å²) in [6.07, 6.45) is 1.49. The molecule has 4 rings (SSSR count). The molecule has 2 amide bonds. The molecule has 2 N–H and O–H groups in total. The Hall–Kier alpha value is -3.97. The predicted molar refractivity (Wildman–Crippen MR) is 133 cm³/mol. The van der Waals surface area contributed by atoms with Gasteiger partial charge in [-0.1, -0.05) is 76.6 Å². The number of amides is 2. The van der Waals surface area contributed by atoms with Crippen molar-refractivity contribution in [3.63, 3.8) is 0 Å². The van der Waals surface area contributed by atoms with Crippen molar-refractivity contribution < 1.29 is 14.3 Å². The molecule has 0 spiro atoms. The first-order valence-corrected chi connectivity index (χ1v) is 11.0. The van der Waals surface area contributed by atoms with Crippen LogP contribution in [0.5, 0.6) is 5.75 Å². The Labute approximate surface area is 199 Å². The molecule has 0 atom stereocenters. The number of rotatable bonds is 6. The molecular formula is C26H20BrN3O3. The van der Waals surface area contributed by atoms with E-state index >= 15 is 0 Å². The standard InChI is InChI=1S/C26H20BrN3O3/c27-20-9-6-7-18(15-20)17-33-24-14-13-19-8-4-5-12-22(19)23(24)16-28-30-26(32)25(31)29-21-10-2-1-3-11-21/h1-16H,17H2,(H,29,31)(H,30,32)/b28-16-. The fourth-order valence-corrected chi connectivity index (χ4v) is 3.68. The minimum atomic E-state index is -0.869. The average molecular weight is 502 g/mol. The number of carbonyl (C=O) groups excluding carboxylic acids is 2. The van der Waals surface area contributed by atoms with Crippen LogP contribution in [0, 0.1) is 0 Å². The summed E-state index contributed by atoms with van der Waals surface area (Å²) in [4.78, 5) is 24.3. The lowest BCUT2D eigenvalue weighted by atomic mass is 10.0. The van der Waals surface area contributed by atoms with Gasteiger partial charge in [-0.25, -0.2) is 5.43 Å². The van der Waals surface area contributed by atoms with Crippen LogP contribution in [0.4, 0.5) is 5.69 Å². The molecule has 0 fully saturated rings. The van der Waals surface area contributed by atoms with E-state index in [1.54, 1.807) is 24.3 Å². The van der Waals surface area contributed by atoms with Crippen molar-refractivity contribution in [3.05, 3.63) is 107 Å². The molecular weight excluding hydrogens is 482 g/mol. The van der Waals surface area contributed by atoms with E-state index in [0.717, 1.165) is 20.8 Å². The van der Waals surface area contributed by atoms with E-state index in [1.165, 1.54) is 6.21 Å². The first-order valence-electron chi connectivity index (χ1n) is 10.2. The largest absolute Gasteiger partial charge is 0.488 e. The molecule has 0 aliphatic carbocycles. The SMILES string of the molecule is O=C(N/N=C\c1c(OCc2cccc(Br)c2)ccc2ccccc12)C(=O)Nc1ccccc1. The van der Waals surface area contributed by atoms with Gasteiger partial charge in [0.2, 0.25) is 0 Å². The van der Waals surface area contributed by atoms with Gasteiger partial charge in [-0.05, 0) is 46.7 Å². The van der Waals surface area contributed by atoms with Crippen LogP contribution in [0.25, 0.3) is 10.8 Å². The molecule has 0 saturated carbocycles. The highest BCUT2D eigenvalue weighted by Crippen LogP contribution is 2.27. The van der Waals surface area contributed by atoms with Crippen LogP contribution in [-0.4, -0.2) is 18.0 Å². The summed E-state index contributed by atoms with van der Waals surface area (Å²) >= 11 is 3.47. The summed E-state index contributed by atoms with van der Waals surface area (Å²) in [5.74, 6) is -1.06. The van der Waals surface area contributed by atoms with Gasteiger partial charge >= 0.3 is 11.8 Å². The maximum atomic E-state index is 12.2. The number of hydrazone groups is 1. The molecule has 0 radical (unpaired) electrons. The molecule has 6 nitrogen and oxygen atoms in total. The van der Waals surface area contributed by atoms with Crippen LogP contribution < -0.4 is 15.5 Å². The summed E-state index contributed by atoms with van der Waals surface area (Å²) in [6, 6.07) is 28.2. The number of nitrogens with zero attached hydrogens (tertiary/aromatic N) is 1. The molecule has 0 bridgehead atoms. The smallest absolute Gasteiger partial charge is 0.329 e. The van der Waals surface area contributed by atoms with E-state index in [0.29, 0.717) is 23.6 Å². The normalized spacial score (nSPS) is 10.8. The Balaban J connectivity index is 1.51. The molecule has 0 aliphatic heterocycles. The third-order valence-corrected chi connectivity index (χ3v) is 5.30. The van der Waals surface area contributed by atoms with Crippen molar-refractivity contribution in [2.75, 3.05) is 5.32 Å². The molecule has 164 valence electrons. The van der Waals surface area contributed by atoms with Gasteiger partial charge in [0.1, 0.15) is 12.4 Å². The van der Waals surface area contributed by atoms with Gasteiger partial charge in [0, 0.05) is 15.7 Å². The van der Waals surface area contributed by atoms with Crippen LogP contribution in [0.15, 0.2) is 101 Å². The number of nitrogens with one attached hydrogen (secondary N) is 2. The Bertz CT molecular complexity index is 1320. The molecule has 33 heavy (non-hydrogen) atoms. The van der Waals surface area contributed by atoms with Crippen molar-refractivity contribution in [2.45, 2.75) is 6.61 Å². The van der Waals surface area contributed by atoms with Gasteiger partial charge in [-0.3, -0.25) is 9.59 Å². The zero-order chi connectivity index (χ0) is 23.0. The number of ether oxygens (including phenoxy) is 1. The van der Waals surface area contributed by atoms with Crippen LogP contribution in [0.1, 0.15) is 11.1 Å². The van der Waals surface area contributed by atoms with Crippen molar-refractivity contribution in [1.29, 1.82) is 0 Å². The highest BCUT2D eigenvalue weighted by Gasteiger charge is 2.13. The first kappa shape index (κ1) is 22.2. The predicted octanol–water partition coefficient (Wildman–Crippen LogP) is 5.27. The van der Waals surface area contributed by atoms with E-state index in [9.17, 15) is 9.59 Å². The van der Waals surface area contributed by atoms with Gasteiger partial charge < -0.3 is 10.1 Å². The maximum absolute atomic E-state index is 12.2. The quantitative estimate of drug-likeness (QED) is 0.214. The fourth-order valence-electron chi connectivity index (χ4n) is 3.24. The minimum absolute atomic E-state index is 0.366. The molecule has 4 aromatic carbocycles. The Morgan fingerprint density at radius 3 is 2.48 bits per heavy atom. The van der Waals surface area contributed by atoms with Crippen LogP contribution >= 0.6 is 15.9 Å². The molecule has 0 saturated heterocycles. The number of hydrogen-bond acceptors (Lipinski definition) is 4. The van der Waals surface area contributed by atoms with Gasteiger partial charge in [0.05, 0.1) is 6.21 Å². The Morgan fingerprint density at radius 2 is 1.67 bits per heavy atom. The van der Waals surface area contributed by atoms with Crippen molar-refractivity contribution in [2.24, 2.45) is 5.10 Å². The Kier molecular flexibility index (Phi) is 7.12. The van der Waals surface area contributed by atoms with Gasteiger partial charge in [-0.2, -0.15) is 5.10 Å². The fraction of sp³-hybridized carbons (Fsp3) is 0.0385. The number of para-hydroxylation sites is 1. The molecule has 0 aliphatic rings. The number of hydrogen-bond donors (Lipinski definition) is 2. The second-order valence-electron chi connectivity index (χ2n) is 7.14. The van der Waals surface area contributed by atoms with Crippen molar-refractivity contribution in [3.8, 4) is 5.75 Å². The number of anilines is 1. The number of halogens is 1. The maximum Gasteiger partial charge on any atom is 0.329 e. The summed E-state index contributed by atoms with van der Waals surface area (Å²) in [5.41, 5.74) is 4.51. The number of carbonyl (C=O) groups is 2. The summed E-state index contributed by atoms with van der Waals surface area (Å²) in [5, 5.41) is 8.45. The van der Waals surface area contributed by atoms with E-state index in [4.69, 9.17) is 4.74 Å². The first-order chi connectivity index (χ1) is 16.1. The number of fused-ring (bicyclic) bond motifs is 1. The molecule has 0 aromatic heterocycles. The topological polar surface area (TPSA) is 79.8 Å². The van der Waals surface area contributed by atoms with Crippen molar-refractivity contribution in [1.82, 2.24) is 5.43 Å². The zero-order valence-corrected chi connectivity index (χ0v) is 19.1. The number of benzene rings is 4. The zero-order valence-electron chi connectivity index (χ0n) is 17.5. The molecule has 0 unspecified atom stereocenters. The highest BCUT2D eigenvalue weighted by molar-refractivity contribution is 9.10. The average Bonchev–Trinajstić information content (AvgIpc) is 2.84. The summed E-state index contributed by atoms with van der Waals surface area (Å²) < 4.78 is 7.04. The molecule has 7 heteroatoms. The summed E-state index contributed by atoms with van der Waals surface area (Å²) in [6.45, 7) is 0.366. The third-order valence-electron chi connectivity index (χ3n) is 4.81. The second kappa shape index (κ2) is 10.6. The van der Waals surface area contributed by atoms with Crippen LogP contribution in [0.2, 0.25) is 0 Å². The third kappa shape index (κ3) is 5.84. The van der Waals surface area contributed by atoms with Crippen LogP contribution in [-0.2, 0) is 16.2 Å². The monoisotopic (exact) mass is 501 g/mol. The lowest BCUT2D eigenvalue weighted by molar-refractivity contribution is -0.136. The minimum Gasteiger partial charge on any atom is -0.488 e. The summed E-state index contributed by atoms with van der Waals surface area (Å²) in [7, 11) is 0. The Morgan fingerprint density at radius 1 is 0.879 bits per heavy atom. The van der Waals surface area contributed by atoms with Gasteiger partial charge in [0.15, 0.2) is 0 Å². The highest BCUT2D eigenvalue weighted by atomic mass is 79.9. The lowest BCUT2D eigenvalue weighted by Crippen LogP contribution is -2.32. The van der Waals surface area contributed by atoms with E-state index in [2.05, 4.69) is 31.8 Å².